The summed E-state index contributed by atoms with van der Waals surface area (Å²) in [5.41, 5.74) is 6.82. The third-order valence-corrected chi connectivity index (χ3v) is 2.96. The molecule has 1 heterocycles. The van der Waals surface area contributed by atoms with Crippen molar-refractivity contribution in [1.29, 1.82) is 0 Å². The minimum Gasteiger partial charge on any atom is -0.324 e. The minimum absolute atomic E-state index is 0.217. The van der Waals surface area contributed by atoms with E-state index in [0.29, 0.717) is 11.3 Å². The number of aryl methyl sites for hydroxylation is 1. The van der Waals surface area contributed by atoms with Crippen molar-refractivity contribution < 1.29 is 13.2 Å². The van der Waals surface area contributed by atoms with Crippen molar-refractivity contribution in [2.75, 3.05) is 0 Å². The van der Waals surface area contributed by atoms with Crippen molar-refractivity contribution in [3.63, 3.8) is 0 Å². The second-order valence-electron chi connectivity index (χ2n) is 4.60. The maximum Gasteiger partial charge on any atom is 0.416 e. The zero-order valence-electron chi connectivity index (χ0n) is 11.1. The van der Waals surface area contributed by atoms with Crippen molar-refractivity contribution in [1.82, 2.24) is 9.97 Å². The van der Waals surface area contributed by atoms with E-state index >= 15 is 0 Å². The van der Waals surface area contributed by atoms with Crippen LogP contribution in [0.25, 0.3) is 11.4 Å². The van der Waals surface area contributed by atoms with E-state index in [1.165, 1.54) is 6.07 Å². The van der Waals surface area contributed by atoms with Gasteiger partial charge in [-0.1, -0.05) is 12.1 Å². The molecule has 2 rings (SSSR count). The van der Waals surface area contributed by atoms with Crippen LogP contribution in [0.5, 0.6) is 0 Å². The van der Waals surface area contributed by atoms with Crippen LogP contribution in [0.2, 0.25) is 0 Å². The summed E-state index contributed by atoms with van der Waals surface area (Å²) < 4.78 is 38.0. The van der Waals surface area contributed by atoms with E-state index in [-0.39, 0.29) is 11.9 Å². The summed E-state index contributed by atoms with van der Waals surface area (Å²) in [5, 5.41) is 0. The highest BCUT2D eigenvalue weighted by Gasteiger charge is 2.30. The van der Waals surface area contributed by atoms with Crippen molar-refractivity contribution in [3.05, 3.63) is 47.3 Å². The maximum atomic E-state index is 12.7. The monoisotopic (exact) mass is 281 g/mol. The Hall–Kier alpha value is -1.95. The quantitative estimate of drug-likeness (QED) is 0.916. The van der Waals surface area contributed by atoms with Crippen LogP contribution < -0.4 is 5.73 Å². The molecule has 20 heavy (non-hydrogen) atoms. The first-order valence-electron chi connectivity index (χ1n) is 6.06. The Labute approximate surface area is 114 Å². The lowest BCUT2D eigenvalue weighted by Crippen LogP contribution is -2.09. The molecule has 106 valence electrons. The molecule has 0 aliphatic carbocycles. The molecule has 1 atom stereocenters. The molecule has 0 saturated heterocycles. The summed E-state index contributed by atoms with van der Waals surface area (Å²) >= 11 is 0. The van der Waals surface area contributed by atoms with E-state index in [9.17, 15) is 13.2 Å². The SMILES string of the molecule is Cc1nc(-c2cccc(C(F)(F)F)c2)ncc1C(C)N. The number of hydrogen-bond acceptors (Lipinski definition) is 3. The standard InChI is InChI=1S/C14H14F3N3/c1-8(18)12-7-19-13(20-9(12)2)10-4-3-5-11(6-10)14(15,16)17/h3-8H,18H2,1-2H3. The molecule has 6 heteroatoms. The van der Waals surface area contributed by atoms with E-state index in [2.05, 4.69) is 9.97 Å². The molecule has 1 aromatic carbocycles. The van der Waals surface area contributed by atoms with Crippen LogP contribution in [0.3, 0.4) is 0 Å². The van der Waals surface area contributed by atoms with Crippen LogP contribution in [-0.2, 0) is 6.18 Å². The largest absolute Gasteiger partial charge is 0.416 e. The molecule has 0 radical (unpaired) electrons. The van der Waals surface area contributed by atoms with Crippen molar-refractivity contribution in [3.8, 4) is 11.4 Å². The summed E-state index contributed by atoms with van der Waals surface area (Å²) in [4.78, 5) is 8.33. The Kier molecular flexibility index (Phi) is 3.76. The lowest BCUT2D eigenvalue weighted by Gasteiger charge is -2.11. The first-order valence-corrected chi connectivity index (χ1v) is 6.06. The van der Waals surface area contributed by atoms with Gasteiger partial charge in [0.05, 0.1) is 5.56 Å². The Morgan fingerprint density at radius 1 is 1.25 bits per heavy atom. The van der Waals surface area contributed by atoms with Gasteiger partial charge in [-0.3, -0.25) is 0 Å². The van der Waals surface area contributed by atoms with Gasteiger partial charge in [0.2, 0.25) is 0 Å². The van der Waals surface area contributed by atoms with Crippen molar-refractivity contribution in [2.45, 2.75) is 26.1 Å². The molecule has 0 aliphatic rings. The maximum absolute atomic E-state index is 12.7. The normalized spacial score (nSPS) is 13.3. The van der Waals surface area contributed by atoms with Gasteiger partial charge in [0, 0.05) is 29.1 Å². The summed E-state index contributed by atoms with van der Waals surface area (Å²) in [6, 6.07) is 4.74. The average molecular weight is 281 g/mol. The van der Waals surface area contributed by atoms with Gasteiger partial charge in [-0.25, -0.2) is 9.97 Å². The van der Waals surface area contributed by atoms with E-state index < -0.39 is 11.7 Å². The molecule has 1 aromatic heterocycles. The van der Waals surface area contributed by atoms with Gasteiger partial charge < -0.3 is 5.73 Å². The number of rotatable bonds is 2. The lowest BCUT2D eigenvalue weighted by molar-refractivity contribution is -0.137. The van der Waals surface area contributed by atoms with Gasteiger partial charge in [-0.2, -0.15) is 13.2 Å². The first kappa shape index (κ1) is 14.5. The summed E-state index contributed by atoms with van der Waals surface area (Å²) in [7, 11) is 0. The van der Waals surface area contributed by atoms with Gasteiger partial charge in [0.25, 0.3) is 0 Å². The fourth-order valence-electron chi connectivity index (χ4n) is 1.90. The Bertz CT molecular complexity index is 621. The smallest absolute Gasteiger partial charge is 0.324 e. The molecule has 2 N–H and O–H groups in total. The predicted octanol–water partition coefficient (Wildman–Crippen LogP) is 3.49. The number of hydrogen-bond donors (Lipinski definition) is 1. The number of benzene rings is 1. The Balaban J connectivity index is 2.45. The molecule has 1 unspecified atom stereocenters. The fourth-order valence-corrected chi connectivity index (χ4v) is 1.90. The molecular weight excluding hydrogens is 267 g/mol. The fraction of sp³-hybridized carbons (Fsp3) is 0.286. The highest BCUT2D eigenvalue weighted by Crippen LogP contribution is 2.31. The van der Waals surface area contributed by atoms with Crippen LogP contribution >= 0.6 is 0 Å². The van der Waals surface area contributed by atoms with Crippen LogP contribution in [0.4, 0.5) is 13.2 Å². The zero-order valence-corrected chi connectivity index (χ0v) is 11.1. The van der Waals surface area contributed by atoms with Gasteiger partial charge >= 0.3 is 6.18 Å². The molecule has 0 amide bonds. The van der Waals surface area contributed by atoms with Gasteiger partial charge in [0.1, 0.15) is 0 Å². The third kappa shape index (κ3) is 2.96. The summed E-state index contributed by atoms with van der Waals surface area (Å²) in [6.07, 6.45) is -2.82. The highest BCUT2D eigenvalue weighted by molar-refractivity contribution is 5.56. The third-order valence-electron chi connectivity index (χ3n) is 2.96. The Morgan fingerprint density at radius 2 is 1.95 bits per heavy atom. The predicted molar refractivity (Wildman–Crippen MR) is 69.8 cm³/mol. The summed E-state index contributed by atoms with van der Waals surface area (Å²) in [6.45, 7) is 3.56. The van der Waals surface area contributed by atoms with Crippen LogP contribution in [0.1, 0.15) is 29.8 Å². The average Bonchev–Trinajstić information content (AvgIpc) is 2.37. The van der Waals surface area contributed by atoms with Gasteiger partial charge in [0.15, 0.2) is 5.82 Å². The molecular formula is C14H14F3N3. The number of aromatic nitrogens is 2. The molecule has 0 spiro atoms. The molecule has 0 fully saturated rings. The van der Waals surface area contributed by atoms with Crippen LogP contribution in [0.15, 0.2) is 30.5 Å². The highest BCUT2D eigenvalue weighted by atomic mass is 19.4. The molecule has 0 saturated carbocycles. The van der Waals surface area contributed by atoms with E-state index in [1.807, 2.05) is 0 Å². The Morgan fingerprint density at radius 3 is 2.50 bits per heavy atom. The second-order valence-corrected chi connectivity index (χ2v) is 4.60. The van der Waals surface area contributed by atoms with Gasteiger partial charge in [-0.15, -0.1) is 0 Å². The minimum atomic E-state index is -4.38. The molecule has 0 aliphatic heterocycles. The number of nitrogens with two attached hydrogens (primary N) is 1. The topological polar surface area (TPSA) is 51.8 Å². The van der Waals surface area contributed by atoms with Gasteiger partial charge in [-0.05, 0) is 26.0 Å². The molecule has 0 bridgehead atoms. The van der Waals surface area contributed by atoms with E-state index in [4.69, 9.17) is 5.73 Å². The zero-order chi connectivity index (χ0) is 14.9. The second kappa shape index (κ2) is 5.20. The number of nitrogens with zero attached hydrogens (tertiary/aromatic N) is 2. The van der Waals surface area contributed by atoms with E-state index in [0.717, 1.165) is 17.7 Å². The van der Waals surface area contributed by atoms with E-state index in [1.54, 1.807) is 26.1 Å². The molecule has 2 aromatic rings. The van der Waals surface area contributed by atoms with Crippen molar-refractivity contribution >= 4 is 0 Å². The van der Waals surface area contributed by atoms with Crippen molar-refractivity contribution in [2.24, 2.45) is 5.73 Å². The van der Waals surface area contributed by atoms with Crippen LogP contribution in [-0.4, -0.2) is 9.97 Å². The van der Waals surface area contributed by atoms with Crippen LogP contribution in [0, 0.1) is 6.92 Å². The lowest BCUT2D eigenvalue weighted by atomic mass is 10.1. The number of alkyl halides is 3. The number of halogens is 3. The first-order chi connectivity index (χ1) is 9.29. The molecule has 3 nitrogen and oxygen atoms in total. The summed E-state index contributed by atoms with van der Waals surface area (Å²) in [5.74, 6) is 0.262.